The van der Waals surface area contributed by atoms with Gasteiger partial charge in [0.15, 0.2) is 5.82 Å². The highest BCUT2D eigenvalue weighted by molar-refractivity contribution is 6.34. The standard InChI is InChI=1S/C17H21ClN4O2/c18-12-4-3-5-13-15(12)19-10-14(21-13)22-16(24)20-11-17(8-9-23)6-1-2-7-17/h3-5,10,23H,1-2,6-9,11H2,(H2,20,21,22,24). The summed E-state index contributed by atoms with van der Waals surface area (Å²) in [6.45, 7) is 0.715. The van der Waals surface area contributed by atoms with Gasteiger partial charge in [0, 0.05) is 13.2 Å². The van der Waals surface area contributed by atoms with Gasteiger partial charge in [-0.25, -0.2) is 14.8 Å². The fourth-order valence-corrected chi connectivity index (χ4v) is 3.59. The van der Waals surface area contributed by atoms with Crippen molar-refractivity contribution in [2.45, 2.75) is 32.1 Å². The van der Waals surface area contributed by atoms with E-state index in [-0.39, 0.29) is 18.1 Å². The van der Waals surface area contributed by atoms with Gasteiger partial charge in [-0.1, -0.05) is 30.5 Å². The number of aliphatic hydroxyl groups is 1. The second-order valence-corrected chi connectivity index (χ2v) is 6.76. The van der Waals surface area contributed by atoms with E-state index in [0.29, 0.717) is 28.4 Å². The number of aromatic nitrogens is 2. The number of hydrogen-bond acceptors (Lipinski definition) is 4. The Kier molecular flexibility index (Phi) is 5.16. The van der Waals surface area contributed by atoms with E-state index in [1.807, 2.05) is 0 Å². The maximum atomic E-state index is 12.1. The number of para-hydroxylation sites is 1. The maximum absolute atomic E-state index is 12.1. The van der Waals surface area contributed by atoms with Crippen molar-refractivity contribution in [1.82, 2.24) is 15.3 Å². The van der Waals surface area contributed by atoms with Crippen molar-refractivity contribution >= 4 is 34.5 Å². The first kappa shape index (κ1) is 16.9. The second kappa shape index (κ2) is 7.32. The van der Waals surface area contributed by atoms with Gasteiger partial charge in [0.1, 0.15) is 5.52 Å². The summed E-state index contributed by atoms with van der Waals surface area (Å²) in [6, 6.07) is 5.03. The number of nitrogens with one attached hydrogen (secondary N) is 2. The van der Waals surface area contributed by atoms with Crippen molar-refractivity contribution in [2.24, 2.45) is 5.41 Å². The van der Waals surface area contributed by atoms with Gasteiger partial charge in [-0.05, 0) is 36.8 Å². The molecule has 0 saturated heterocycles. The molecule has 1 aliphatic rings. The van der Waals surface area contributed by atoms with Crippen LogP contribution in [0.4, 0.5) is 10.6 Å². The third kappa shape index (κ3) is 3.76. The number of carbonyl (C=O) groups is 1. The summed E-state index contributed by atoms with van der Waals surface area (Å²) < 4.78 is 0. The quantitative estimate of drug-likeness (QED) is 0.773. The number of urea groups is 1. The second-order valence-electron chi connectivity index (χ2n) is 6.35. The van der Waals surface area contributed by atoms with E-state index in [1.54, 1.807) is 18.2 Å². The average Bonchev–Trinajstić information content (AvgIpc) is 3.03. The molecular weight excluding hydrogens is 328 g/mol. The molecule has 0 radical (unpaired) electrons. The first-order valence-corrected chi connectivity index (χ1v) is 8.57. The maximum Gasteiger partial charge on any atom is 0.320 e. The van der Waals surface area contributed by atoms with Crippen molar-refractivity contribution in [3.63, 3.8) is 0 Å². The molecule has 0 unspecified atom stereocenters. The van der Waals surface area contributed by atoms with Crippen molar-refractivity contribution in [3.05, 3.63) is 29.4 Å². The zero-order valence-corrected chi connectivity index (χ0v) is 14.1. The molecule has 1 heterocycles. The number of rotatable bonds is 5. The molecule has 3 rings (SSSR count). The molecule has 128 valence electrons. The lowest BCUT2D eigenvalue weighted by atomic mass is 9.83. The molecule has 0 atom stereocenters. The normalized spacial score (nSPS) is 16.2. The van der Waals surface area contributed by atoms with Crippen LogP contribution in [0.5, 0.6) is 0 Å². The van der Waals surface area contributed by atoms with Crippen LogP contribution in [0.1, 0.15) is 32.1 Å². The highest BCUT2D eigenvalue weighted by Gasteiger charge is 2.33. The van der Waals surface area contributed by atoms with Crippen LogP contribution >= 0.6 is 11.6 Å². The molecule has 0 aliphatic heterocycles. The summed E-state index contributed by atoms with van der Waals surface area (Å²) in [5.41, 5.74) is 1.26. The summed E-state index contributed by atoms with van der Waals surface area (Å²) in [6.07, 6.45) is 6.61. The number of amides is 2. The number of anilines is 1. The minimum Gasteiger partial charge on any atom is -0.396 e. The molecule has 7 heteroatoms. The van der Waals surface area contributed by atoms with Crippen LogP contribution in [0.15, 0.2) is 24.4 Å². The van der Waals surface area contributed by atoms with Crippen LogP contribution in [0, 0.1) is 5.41 Å². The van der Waals surface area contributed by atoms with Crippen LogP contribution in [-0.4, -0.2) is 34.3 Å². The van der Waals surface area contributed by atoms with E-state index >= 15 is 0 Å². The monoisotopic (exact) mass is 348 g/mol. The smallest absolute Gasteiger partial charge is 0.320 e. The van der Waals surface area contributed by atoms with Crippen LogP contribution in [0.25, 0.3) is 11.0 Å². The molecule has 0 spiro atoms. The lowest BCUT2D eigenvalue weighted by Crippen LogP contribution is -2.39. The Balaban J connectivity index is 1.62. The van der Waals surface area contributed by atoms with Crippen LogP contribution in [-0.2, 0) is 0 Å². The van der Waals surface area contributed by atoms with Gasteiger partial charge in [-0.15, -0.1) is 0 Å². The van der Waals surface area contributed by atoms with Crippen LogP contribution in [0.3, 0.4) is 0 Å². The lowest BCUT2D eigenvalue weighted by molar-refractivity contribution is 0.180. The van der Waals surface area contributed by atoms with Gasteiger partial charge in [0.25, 0.3) is 0 Å². The van der Waals surface area contributed by atoms with Gasteiger partial charge in [0.05, 0.1) is 16.7 Å². The summed E-state index contributed by atoms with van der Waals surface area (Å²) >= 11 is 6.06. The van der Waals surface area contributed by atoms with Gasteiger partial charge in [0.2, 0.25) is 0 Å². The van der Waals surface area contributed by atoms with E-state index in [2.05, 4.69) is 20.6 Å². The predicted octanol–water partition coefficient (Wildman–Crippen LogP) is 3.35. The molecule has 2 amide bonds. The molecule has 24 heavy (non-hydrogen) atoms. The van der Waals surface area contributed by atoms with Crippen molar-refractivity contribution in [2.75, 3.05) is 18.5 Å². The third-order valence-corrected chi connectivity index (χ3v) is 5.00. The minimum absolute atomic E-state index is 0.0225. The van der Waals surface area contributed by atoms with Gasteiger partial charge in [-0.2, -0.15) is 0 Å². The van der Waals surface area contributed by atoms with E-state index in [4.69, 9.17) is 11.6 Å². The molecule has 3 N–H and O–H groups in total. The zero-order valence-electron chi connectivity index (χ0n) is 13.4. The molecule has 2 aromatic rings. The molecule has 1 fully saturated rings. The van der Waals surface area contributed by atoms with E-state index in [1.165, 1.54) is 6.20 Å². The van der Waals surface area contributed by atoms with Crippen molar-refractivity contribution < 1.29 is 9.90 Å². The first-order valence-electron chi connectivity index (χ1n) is 8.19. The fourth-order valence-electron chi connectivity index (χ4n) is 3.37. The Morgan fingerprint density at radius 2 is 2.12 bits per heavy atom. The highest BCUT2D eigenvalue weighted by atomic mass is 35.5. The Hall–Kier alpha value is -1.92. The number of benzene rings is 1. The summed E-state index contributed by atoms with van der Waals surface area (Å²) in [7, 11) is 0. The summed E-state index contributed by atoms with van der Waals surface area (Å²) in [5, 5.41) is 15.4. The largest absolute Gasteiger partial charge is 0.396 e. The van der Waals surface area contributed by atoms with E-state index in [9.17, 15) is 9.90 Å². The van der Waals surface area contributed by atoms with Crippen molar-refractivity contribution in [1.29, 1.82) is 0 Å². The number of nitrogens with zero attached hydrogens (tertiary/aromatic N) is 2. The molecule has 6 nitrogen and oxygen atoms in total. The Labute approximate surface area is 145 Å². The lowest BCUT2D eigenvalue weighted by Gasteiger charge is -2.28. The van der Waals surface area contributed by atoms with E-state index < -0.39 is 0 Å². The molecular formula is C17H21ClN4O2. The van der Waals surface area contributed by atoms with Crippen molar-refractivity contribution in [3.8, 4) is 0 Å². The summed E-state index contributed by atoms with van der Waals surface area (Å²) in [4.78, 5) is 20.7. The number of aliphatic hydroxyl groups excluding tert-OH is 1. The molecule has 1 aromatic heterocycles. The molecule has 1 aliphatic carbocycles. The van der Waals surface area contributed by atoms with Crippen LogP contribution in [0.2, 0.25) is 5.02 Å². The summed E-state index contributed by atoms with van der Waals surface area (Å²) in [5.74, 6) is 0.380. The number of hydrogen-bond donors (Lipinski definition) is 3. The number of carbonyl (C=O) groups excluding carboxylic acids is 1. The molecule has 0 bridgehead atoms. The Morgan fingerprint density at radius 1 is 1.33 bits per heavy atom. The SMILES string of the molecule is O=C(NCC1(CCO)CCCC1)Nc1cnc2c(Cl)cccc2n1. The number of halogens is 1. The number of fused-ring (bicyclic) bond motifs is 1. The third-order valence-electron chi connectivity index (χ3n) is 4.69. The predicted molar refractivity (Wildman–Crippen MR) is 94.2 cm³/mol. The highest BCUT2D eigenvalue weighted by Crippen LogP contribution is 2.40. The Bertz CT molecular complexity index is 732. The van der Waals surface area contributed by atoms with Gasteiger partial charge < -0.3 is 10.4 Å². The zero-order chi connectivity index (χ0) is 17.0. The molecule has 1 saturated carbocycles. The Morgan fingerprint density at radius 3 is 2.88 bits per heavy atom. The van der Waals surface area contributed by atoms with Gasteiger partial charge in [-0.3, -0.25) is 5.32 Å². The minimum atomic E-state index is -0.310. The van der Waals surface area contributed by atoms with Crippen LogP contribution < -0.4 is 10.6 Å². The average molecular weight is 349 g/mol. The fraction of sp³-hybridized carbons (Fsp3) is 0.471. The first-order chi connectivity index (χ1) is 11.6. The van der Waals surface area contributed by atoms with Gasteiger partial charge >= 0.3 is 6.03 Å². The topological polar surface area (TPSA) is 87.1 Å². The molecule has 1 aromatic carbocycles. The van der Waals surface area contributed by atoms with E-state index in [0.717, 1.165) is 32.1 Å².